The molecule has 1 rings (SSSR count). The predicted molar refractivity (Wildman–Crippen MR) is 56.8 cm³/mol. The summed E-state index contributed by atoms with van der Waals surface area (Å²) in [7, 11) is 0. The van der Waals surface area contributed by atoms with Crippen molar-refractivity contribution < 1.29 is 13.5 Å². The highest BCUT2D eigenvalue weighted by Crippen LogP contribution is 2.25. The Labute approximate surface area is 97.4 Å². The summed E-state index contributed by atoms with van der Waals surface area (Å²) in [6.07, 6.45) is 1.06. The van der Waals surface area contributed by atoms with E-state index in [2.05, 4.69) is 4.74 Å². The molecule has 0 N–H and O–H groups in total. The molecule has 0 saturated carbocycles. The first-order chi connectivity index (χ1) is 7.69. The van der Waals surface area contributed by atoms with Gasteiger partial charge in [-0.05, 0) is 25.0 Å². The first-order valence-corrected chi connectivity index (χ1v) is 5.25. The highest BCUT2D eigenvalue weighted by Gasteiger charge is 2.12. The molecule has 5 heteroatoms. The van der Waals surface area contributed by atoms with E-state index in [-0.39, 0.29) is 5.75 Å². The molecule has 1 aromatic carbocycles. The van der Waals surface area contributed by atoms with Crippen LogP contribution in [-0.2, 0) is 6.42 Å². The summed E-state index contributed by atoms with van der Waals surface area (Å²) < 4.78 is 28.6. The van der Waals surface area contributed by atoms with Gasteiger partial charge < -0.3 is 4.74 Å². The van der Waals surface area contributed by atoms with E-state index >= 15 is 0 Å². The quantitative estimate of drug-likeness (QED) is 0.746. The minimum atomic E-state index is -2.89. The first-order valence-electron chi connectivity index (χ1n) is 4.71. The van der Waals surface area contributed by atoms with Crippen LogP contribution < -0.4 is 4.74 Å². The number of halogens is 3. The van der Waals surface area contributed by atoms with Gasteiger partial charge in [-0.15, -0.1) is 11.6 Å². The van der Waals surface area contributed by atoms with Gasteiger partial charge in [0.25, 0.3) is 0 Å². The van der Waals surface area contributed by atoms with Gasteiger partial charge >= 0.3 is 6.61 Å². The zero-order valence-electron chi connectivity index (χ0n) is 8.42. The van der Waals surface area contributed by atoms with Gasteiger partial charge in [0, 0.05) is 11.4 Å². The average Bonchev–Trinajstić information content (AvgIpc) is 2.26. The molecule has 0 atom stereocenters. The fourth-order valence-electron chi connectivity index (χ4n) is 1.38. The summed E-state index contributed by atoms with van der Waals surface area (Å²) in [5, 5.41) is 8.85. The average molecular weight is 246 g/mol. The lowest BCUT2D eigenvalue weighted by Crippen LogP contribution is -2.06. The Bertz CT molecular complexity index is 390. The third-order valence-corrected chi connectivity index (χ3v) is 2.30. The maximum atomic E-state index is 12.1. The van der Waals surface area contributed by atoms with Crippen LogP contribution in [0.4, 0.5) is 8.78 Å². The Morgan fingerprint density at radius 1 is 1.44 bits per heavy atom. The van der Waals surface area contributed by atoms with Crippen LogP contribution >= 0.6 is 11.6 Å². The van der Waals surface area contributed by atoms with E-state index in [0.29, 0.717) is 29.8 Å². The van der Waals surface area contributed by atoms with Crippen LogP contribution in [0.1, 0.15) is 17.5 Å². The Morgan fingerprint density at radius 2 is 2.19 bits per heavy atom. The summed E-state index contributed by atoms with van der Waals surface area (Å²) in [5.41, 5.74) is 0.842. The van der Waals surface area contributed by atoms with Gasteiger partial charge in [0.15, 0.2) is 0 Å². The molecule has 0 amide bonds. The van der Waals surface area contributed by atoms with Crippen molar-refractivity contribution in [3.05, 3.63) is 29.3 Å². The van der Waals surface area contributed by atoms with E-state index in [4.69, 9.17) is 16.9 Å². The molecule has 86 valence electrons. The van der Waals surface area contributed by atoms with Gasteiger partial charge in [0.05, 0.1) is 11.6 Å². The number of rotatable bonds is 5. The van der Waals surface area contributed by atoms with Crippen LogP contribution in [0.3, 0.4) is 0 Å². The third kappa shape index (κ3) is 3.35. The van der Waals surface area contributed by atoms with Gasteiger partial charge in [-0.1, -0.05) is 6.07 Å². The van der Waals surface area contributed by atoms with Crippen molar-refractivity contribution >= 4 is 11.6 Å². The van der Waals surface area contributed by atoms with E-state index in [1.807, 2.05) is 6.07 Å². The number of hydrogen-bond donors (Lipinski definition) is 0. The van der Waals surface area contributed by atoms with Crippen LogP contribution in [0.25, 0.3) is 0 Å². The van der Waals surface area contributed by atoms with E-state index in [1.54, 1.807) is 6.07 Å². The monoisotopic (exact) mass is 245 g/mol. The smallest absolute Gasteiger partial charge is 0.387 e. The zero-order chi connectivity index (χ0) is 12.0. The second-order valence-electron chi connectivity index (χ2n) is 3.07. The van der Waals surface area contributed by atoms with Crippen LogP contribution in [0, 0.1) is 11.3 Å². The van der Waals surface area contributed by atoms with Gasteiger partial charge in [-0.25, -0.2) is 0 Å². The second-order valence-corrected chi connectivity index (χ2v) is 3.44. The lowest BCUT2D eigenvalue weighted by molar-refractivity contribution is -0.0504. The fraction of sp³-hybridized carbons (Fsp3) is 0.364. The Balaban J connectivity index is 3.01. The topological polar surface area (TPSA) is 33.0 Å². The van der Waals surface area contributed by atoms with Crippen LogP contribution in [0.15, 0.2) is 18.2 Å². The van der Waals surface area contributed by atoms with Crippen LogP contribution in [0.5, 0.6) is 5.75 Å². The molecule has 16 heavy (non-hydrogen) atoms. The highest BCUT2D eigenvalue weighted by atomic mass is 35.5. The van der Waals surface area contributed by atoms with Crippen molar-refractivity contribution in [1.29, 1.82) is 5.26 Å². The number of nitrogens with zero attached hydrogens (tertiary/aromatic N) is 1. The summed E-state index contributed by atoms with van der Waals surface area (Å²) in [4.78, 5) is 0. The molecule has 0 saturated heterocycles. The Kier molecular flexibility index (Phi) is 5.00. The van der Waals surface area contributed by atoms with Crippen molar-refractivity contribution in [2.24, 2.45) is 0 Å². The van der Waals surface area contributed by atoms with Gasteiger partial charge in [0.1, 0.15) is 5.75 Å². The molecule has 0 aliphatic carbocycles. The standard InChI is InChI=1S/C11H10ClF2NO/c12-6-2-4-9-8(7-15)3-1-5-10(9)16-11(13)14/h1,3,5,11H,2,4,6H2. The largest absolute Gasteiger partial charge is 0.434 e. The number of nitriles is 1. The molecule has 0 unspecified atom stereocenters. The second kappa shape index (κ2) is 6.29. The Hall–Kier alpha value is -1.34. The normalized spacial score (nSPS) is 10.2. The number of hydrogen-bond acceptors (Lipinski definition) is 2. The van der Waals surface area contributed by atoms with E-state index in [0.717, 1.165) is 0 Å². The SMILES string of the molecule is N#Cc1cccc(OC(F)F)c1CCCCl. The molecular weight excluding hydrogens is 236 g/mol. The molecule has 0 aliphatic rings. The van der Waals surface area contributed by atoms with Crippen LogP contribution in [0.2, 0.25) is 0 Å². The summed E-state index contributed by atoms with van der Waals surface area (Å²) in [6.45, 7) is -2.89. The van der Waals surface area contributed by atoms with Crippen molar-refractivity contribution in [2.45, 2.75) is 19.5 Å². The van der Waals surface area contributed by atoms with Crippen molar-refractivity contribution in [3.63, 3.8) is 0 Å². The highest BCUT2D eigenvalue weighted by molar-refractivity contribution is 6.17. The zero-order valence-corrected chi connectivity index (χ0v) is 9.18. The maximum Gasteiger partial charge on any atom is 0.387 e. The molecule has 1 aromatic rings. The minimum Gasteiger partial charge on any atom is -0.434 e. The molecule has 0 fully saturated rings. The van der Waals surface area contributed by atoms with Gasteiger partial charge in [0.2, 0.25) is 0 Å². The lowest BCUT2D eigenvalue weighted by atomic mass is 10.0. The van der Waals surface area contributed by atoms with Crippen molar-refractivity contribution in [3.8, 4) is 11.8 Å². The molecule has 0 spiro atoms. The van der Waals surface area contributed by atoms with Crippen LogP contribution in [-0.4, -0.2) is 12.5 Å². The third-order valence-electron chi connectivity index (χ3n) is 2.03. The number of benzene rings is 1. The number of ether oxygens (including phenoxy) is 1. The lowest BCUT2D eigenvalue weighted by Gasteiger charge is -2.11. The van der Waals surface area contributed by atoms with E-state index in [1.165, 1.54) is 12.1 Å². The molecule has 0 aliphatic heterocycles. The molecule has 0 heterocycles. The molecule has 0 bridgehead atoms. The van der Waals surface area contributed by atoms with Gasteiger partial charge in [-0.3, -0.25) is 0 Å². The summed E-state index contributed by atoms with van der Waals surface area (Å²) >= 11 is 5.53. The van der Waals surface area contributed by atoms with Crippen molar-refractivity contribution in [1.82, 2.24) is 0 Å². The molecule has 0 aromatic heterocycles. The molecule has 2 nitrogen and oxygen atoms in total. The molecular formula is C11H10ClF2NO. The molecule has 0 radical (unpaired) electrons. The van der Waals surface area contributed by atoms with E-state index in [9.17, 15) is 8.78 Å². The van der Waals surface area contributed by atoms with E-state index < -0.39 is 6.61 Å². The summed E-state index contributed by atoms with van der Waals surface area (Å²) in [6, 6.07) is 6.46. The Morgan fingerprint density at radius 3 is 2.75 bits per heavy atom. The predicted octanol–water partition coefficient (Wildman–Crippen LogP) is 3.33. The summed E-state index contributed by atoms with van der Waals surface area (Å²) in [5.74, 6) is 0.465. The number of alkyl halides is 3. The van der Waals surface area contributed by atoms with Crippen molar-refractivity contribution in [2.75, 3.05) is 5.88 Å². The minimum absolute atomic E-state index is 0.0548. The fourth-order valence-corrected chi connectivity index (χ4v) is 1.51. The van der Waals surface area contributed by atoms with Gasteiger partial charge in [-0.2, -0.15) is 14.0 Å². The first kappa shape index (κ1) is 12.7. The maximum absolute atomic E-state index is 12.1.